The summed E-state index contributed by atoms with van der Waals surface area (Å²) in [6, 6.07) is 0. The second kappa shape index (κ2) is 8.21. The summed E-state index contributed by atoms with van der Waals surface area (Å²) in [4.78, 5) is 0. The van der Waals surface area contributed by atoms with Crippen molar-refractivity contribution in [2.45, 2.75) is 19.8 Å². The van der Waals surface area contributed by atoms with E-state index in [2.05, 4.69) is 39.8 Å². The van der Waals surface area contributed by atoms with Gasteiger partial charge in [-0.25, -0.2) is 0 Å². The molecule has 0 aliphatic carbocycles. The predicted octanol–water partition coefficient (Wildman–Crippen LogP) is -0.770. The maximum atomic E-state index is 2.25. The second-order valence-electron chi connectivity index (χ2n) is 3.98. The first kappa shape index (κ1) is 15.1. The van der Waals surface area contributed by atoms with Crippen LogP contribution in [0, 0.1) is 0 Å². The fraction of sp³-hybridized carbons (Fsp3) is 1.00. The Morgan fingerprint density at radius 2 is 1.67 bits per heavy atom. The van der Waals surface area contributed by atoms with E-state index in [4.69, 9.17) is 0 Å². The summed E-state index contributed by atoms with van der Waals surface area (Å²) in [5.74, 6) is 2.65. The highest BCUT2D eigenvalue weighted by molar-refractivity contribution is 7.99. The minimum absolute atomic E-state index is 0. The third-order valence-electron chi connectivity index (χ3n) is 1.55. The highest BCUT2D eigenvalue weighted by atomic mass is 35.5. The zero-order valence-corrected chi connectivity index (χ0v) is 10.3. The molecule has 0 aliphatic heterocycles. The number of hydrogen-bond donors (Lipinski definition) is 0. The number of halogens is 1. The normalized spacial score (nSPS) is 11.0. The van der Waals surface area contributed by atoms with Crippen molar-refractivity contribution in [2.24, 2.45) is 0 Å². The Morgan fingerprint density at radius 3 is 2.08 bits per heavy atom. The molecule has 76 valence electrons. The molecular weight excluding hydrogens is 190 g/mol. The van der Waals surface area contributed by atoms with Crippen molar-refractivity contribution in [2.75, 3.05) is 39.2 Å². The average molecular weight is 212 g/mol. The molecule has 0 radical (unpaired) electrons. The maximum absolute atomic E-state index is 2.25. The van der Waals surface area contributed by atoms with Crippen LogP contribution in [0.2, 0.25) is 0 Å². The van der Waals surface area contributed by atoms with Gasteiger partial charge in [-0.15, -0.1) is 0 Å². The Bertz CT molecular complexity index is 91.0. The largest absolute Gasteiger partial charge is 1.00 e. The highest BCUT2D eigenvalue weighted by Gasteiger charge is 2.04. The molecular formula is C9H22ClNS. The molecule has 0 aliphatic rings. The average Bonchev–Trinajstić information content (AvgIpc) is 1.85. The molecule has 0 saturated heterocycles. The lowest BCUT2D eigenvalue weighted by Crippen LogP contribution is -3.00. The third-order valence-corrected chi connectivity index (χ3v) is 2.60. The summed E-state index contributed by atoms with van der Waals surface area (Å²) in [5, 5.41) is 0. The van der Waals surface area contributed by atoms with E-state index in [1.807, 2.05) is 0 Å². The van der Waals surface area contributed by atoms with Crippen molar-refractivity contribution in [3.05, 3.63) is 0 Å². The minimum atomic E-state index is 0. The molecule has 0 amide bonds. The van der Waals surface area contributed by atoms with Crippen LogP contribution in [0.15, 0.2) is 0 Å². The zero-order valence-electron chi connectivity index (χ0n) is 8.77. The number of hydrogen-bond acceptors (Lipinski definition) is 1. The Hall–Kier alpha value is 0.600. The van der Waals surface area contributed by atoms with E-state index in [-0.39, 0.29) is 12.4 Å². The fourth-order valence-corrected chi connectivity index (χ4v) is 2.06. The maximum Gasteiger partial charge on any atom is 0.0872 e. The molecule has 0 atom stereocenters. The Labute approximate surface area is 87.9 Å². The van der Waals surface area contributed by atoms with Crippen LogP contribution in [-0.4, -0.2) is 43.7 Å². The molecule has 0 saturated carbocycles. The van der Waals surface area contributed by atoms with Gasteiger partial charge in [-0.2, -0.15) is 11.8 Å². The summed E-state index contributed by atoms with van der Waals surface area (Å²) in [6.45, 7) is 3.54. The molecule has 0 unspecified atom stereocenters. The summed E-state index contributed by atoms with van der Waals surface area (Å²) in [7, 11) is 6.75. The van der Waals surface area contributed by atoms with Crippen LogP contribution < -0.4 is 12.4 Å². The van der Waals surface area contributed by atoms with Gasteiger partial charge in [-0.3, -0.25) is 0 Å². The lowest BCUT2D eigenvalue weighted by Gasteiger charge is -2.23. The van der Waals surface area contributed by atoms with Gasteiger partial charge in [-0.1, -0.05) is 13.3 Å². The summed E-state index contributed by atoms with van der Waals surface area (Å²) < 4.78 is 1.10. The summed E-state index contributed by atoms with van der Waals surface area (Å²) in [6.07, 6.45) is 2.71. The van der Waals surface area contributed by atoms with E-state index in [0.717, 1.165) is 4.48 Å². The van der Waals surface area contributed by atoms with Crippen LogP contribution in [0.1, 0.15) is 19.8 Å². The van der Waals surface area contributed by atoms with Crippen molar-refractivity contribution in [1.29, 1.82) is 0 Å². The van der Waals surface area contributed by atoms with Gasteiger partial charge in [0.25, 0.3) is 0 Å². The van der Waals surface area contributed by atoms with Crippen LogP contribution in [0.4, 0.5) is 0 Å². The molecule has 0 bridgehead atoms. The van der Waals surface area contributed by atoms with Gasteiger partial charge in [0, 0.05) is 5.75 Å². The molecule has 0 fully saturated rings. The van der Waals surface area contributed by atoms with E-state index < -0.39 is 0 Å². The van der Waals surface area contributed by atoms with Crippen LogP contribution in [0.25, 0.3) is 0 Å². The van der Waals surface area contributed by atoms with Gasteiger partial charge in [0.15, 0.2) is 0 Å². The number of thioether (sulfide) groups is 1. The van der Waals surface area contributed by atoms with Crippen molar-refractivity contribution >= 4 is 11.8 Å². The van der Waals surface area contributed by atoms with Gasteiger partial charge >= 0.3 is 0 Å². The molecule has 0 spiro atoms. The number of nitrogens with zero attached hydrogens (tertiary/aromatic N) is 1. The van der Waals surface area contributed by atoms with Crippen LogP contribution in [0.5, 0.6) is 0 Å². The van der Waals surface area contributed by atoms with Gasteiger partial charge in [0.1, 0.15) is 0 Å². The highest BCUT2D eigenvalue weighted by Crippen LogP contribution is 2.05. The van der Waals surface area contributed by atoms with Crippen LogP contribution in [0.3, 0.4) is 0 Å². The van der Waals surface area contributed by atoms with Crippen molar-refractivity contribution in [1.82, 2.24) is 0 Å². The lowest BCUT2D eigenvalue weighted by molar-refractivity contribution is -0.867. The van der Waals surface area contributed by atoms with Gasteiger partial charge in [0.2, 0.25) is 0 Å². The first-order valence-corrected chi connectivity index (χ1v) is 5.60. The number of unbranched alkanes of at least 4 members (excludes halogenated alkanes) is 1. The first-order valence-electron chi connectivity index (χ1n) is 4.44. The van der Waals surface area contributed by atoms with Gasteiger partial charge in [-0.05, 0) is 12.2 Å². The molecule has 3 heteroatoms. The Morgan fingerprint density at radius 1 is 1.08 bits per heavy atom. The van der Waals surface area contributed by atoms with E-state index in [1.165, 1.54) is 30.9 Å². The van der Waals surface area contributed by atoms with E-state index in [9.17, 15) is 0 Å². The first-order chi connectivity index (χ1) is 5.06. The van der Waals surface area contributed by atoms with E-state index >= 15 is 0 Å². The minimum Gasteiger partial charge on any atom is -1.00 e. The van der Waals surface area contributed by atoms with E-state index in [1.54, 1.807) is 0 Å². The van der Waals surface area contributed by atoms with Crippen molar-refractivity contribution < 1.29 is 16.9 Å². The van der Waals surface area contributed by atoms with Crippen molar-refractivity contribution in [3.8, 4) is 0 Å². The molecule has 0 aromatic heterocycles. The predicted molar refractivity (Wildman–Crippen MR) is 55.1 cm³/mol. The molecule has 12 heavy (non-hydrogen) atoms. The molecule has 0 rings (SSSR count). The van der Waals surface area contributed by atoms with Crippen LogP contribution in [-0.2, 0) is 0 Å². The van der Waals surface area contributed by atoms with Gasteiger partial charge in [0.05, 0.1) is 27.7 Å². The quantitative estimate of drug-likeness (QED) is 0.411. The standard InChI is InChI=1S/C9H22NS.ClH/c1-5-6-8-11-9-7-10(2,3)4;/h5-9H2,1-4H3;1H/q+1;/p-1. The van der Waals surface area contributed by atoms with E-state index in [0.29, 0.717) is 0 Å². The second-order valence-corrected chi connectivity index (χ2v) is 5.20. The molecule has 0 N–H and O–H groups in total. The Balaban J connectivity index is 0. The zero-order chi connectivity index (χ0) is 8.74. The number of quaternary nitrogens is 1. The topological polar surface area (TPSA) is 0 Å². The van der Waals surface area contributed by atoms with Crippen molar-refractivity contribution in [3.63, 3.8) is 0 Å². The smallest absolute Gasteiger partial charge is 0.0872 e. The molecule has 1 nitrogen and oxygen atoms in total. The number of rotatable bonds is 6. The lowest BCUT2D eigenvalue weighted by atomic mass is 10.4. The molecule has 0 aromatic carbocycles. The van der Waals surface area contributed by atoms with Crippen LogP contribution >= 0.6 is 11.8 Å². The molecule has 0 aromatic rings. The SMILES string of the molecule is CCCCSCC[N+](C)(C)C.[Cl-]. The third kappa shape index (κ3) is 13.2. The van der Waals surface area contributed by atoms with Gasteiger partial charge < -0.3 is 16.9 Å². The monoisotopic (exact) mass is 211 g/mol. The summed E-state index contributed by atoms with van der Waals surface area (Å²) in [5.41, 5.74) is 0. The fourth-order valence-electron chi connectivity index (χ4n) is 0.687. The Kier molecular flexibility index (Phi) is 10.3. The molecule has 0 heterocycles. The summed E-state index contributed by atoms with van der Waals surface area (Å²) >= 11 is 2.09.